The summed E-state index contributed by atoms with van der Waals surface area (Å²) < 4.78 is 9.62. The maximum Gasteiger partial charge on any atom is 0.411 e. The van der Waals surface area contributed by atoms with Gasteiger partial charge in [-0.25, -0.2) is 9.79 Å². The number of rotatable bonds is 5. The third kappa shape index (κ3) is 6.60. The number of nitrogens with two attached hydrogens (primary N) is 1. The third-order valence-corrected chi connectivity index (χ3v) is 3.54. The molecule has 0 radical (unpaired) electrons. The lowest BCUT2D eigenvalue weighted by Gasteiger charge is -2.08. The highest BCUT2D eigenvalue weighted by Crippen LogP contribution is 2.27. The van der Waals surface area contributed by atoms with Gasteiger partial charge in [0, 0.05) is 11.4 Å². The Hall–Kier alpha value is -2.20. The van der Waals surface area contributed by atoms with E-state index < -0.39 is 6.09 Å². The van der Waals surface area contributed by atoms with Gasteiger partial charge in [-0.15, -0.1) is 24.0 Å². The number of nitrogens with one attached hydrogen (secondary N) is 2. The molecule has 0 saturated heterocycles. The van der Waals surface area contributed by atoms with Gasteiger partial charge in [-0.1, -0.05) is 23.7 Å². The molecule has 140 valence electrons. The lowest BCUT2D eigenvalue weighted by atomic mass is 10.2. The summed E-state index contributed by atoms with van der Waals surface area (Å²) in [4.78, 5) is 15.4. The van der Waals surface area contributed by atoms with Crippen molar-refractivity contribution in [2.75, 3.05) is 24.9 Å². The first-order chi connectivity index (χ1) is 12.0. The average Bonchev–Trinajstić information content (AvgIpc) is 2.61. The second-order valence-electron chi connectivity index (χ2n) is 4.99. The number of nitrogens with zero attached hydrogens (tertiary/aromatic N) is 1. The summed E-state index contributed by atoms with van der Waals surface area (Å²) in [5.74, 6) is 0.848. The molecule has 2 rings (SSSR count). The molecule has 0 heterocycles. The van der Waals surface area contributed by atoms with Crippen LogP contribution in [0.3, 0.4) is 0 Å². The van der Waals surface area contributed by atoms with E-state index in [0.29, 0.717) is 28.7 Å². The van der Waals surface area contributed by atoms with E-state index in [0.717, 1.165) is 5.56 Å². The fourth-order valence-corrected chi connectivity index (χ4v) is 2.23. The van der Waals surface area contributed by atoms with Crippen LogP contribution in [0.4, 0.5) is 16.2 Å². The maximum atomic E-state index is 11.1. The van der Waals surface area contributed by atoms with E-state index >= 15 is 0 Å². The Morgan fingerprint density at radius 2 is 1.77 bits per heavy atom. The van der Waals surface area contributed by atoms with Gasteiger partial charge in [-0.3, -0.25) is 5.32 Å². The van der Waals surface area contributed by atoms with Crippen LogP contribution in [0.1, 0.15) is 5.56 Å². The molecule has 0 aliphatic rings. The highest BCUT2D eigenvalue weighted by Gasteiger charge is 2.03. The molecule has 0 aliphatic heterocycles. The van der Waals surface area contributed by atoms with Crippen LogP contribution in [0.25, 0.3) is 0 Å². The second-order valence-corrected chi connectivity index (χ2v) is 5.40. The van der Waals surface area contributed by atoms with E-state index in [1.54, 1.807) is 37.4 Å². The third-order valence-electron chi connectivity index (χ3n) is 3.24. The lowest BCUT2D eigenvalue weighted by molar-refractivity contribution is 0.187. The van der Waals surface area contributed by atoms with Crippen molar-refractivity contribution < 1.29 is 14.3 Å². The number of halogens is 2. The van der Waals surface area contributed by atoms with Crippen molar-refractivity contribution in [1.29, 1.82) is 0 Å². The number of methoxy groups -OCH3 is 2. The molecule has 4 N–H and O–H groups in total. The van der Waals surface area contributed by atoms with E-state index in [1.165, 1.54) is 7.11 Å². The molecule has 9 heteroatoms. The normalized spacial score (nSPS) is 10.5. The van der Waals surface area contributed by atoms with Gasteiger partial charge in [0.1, 0.15) is 5.75 Å². The lowest BCUT2D eigenvalue weighted by Crippen LogP contribution is -2.22. The van der Waals surface area contributed by atoms with Crippen LogP contribution >= 0.6 is 35.6 Å². The standard InChI is InChI=1S/C17H19ClN4O3.HI/c1-24-15-8-7-13(9-14(15)18)21-16(19)20-10-11-3-5-12(6-4-11)22-17(23)25-2;/h3-9H,10H2,1-2H3,(H,22,23)(H3,19,20,21);1H. The summed E-state index contributed by atoms with van der Waals surface area (Å²) in [6.45, 7) is 0.390. The van der Waals surface area contributed by atoms with E-state index in [-0.39, 0.29) is 29.9 Å². The van der Waals surface area contributed by atoms with Gasteiger partial charge in [-0.2, -0.15) is 0 Å². The molecule has 0 aromatic heterocycles. The molecule has 0 spiro atoms. The number of guanidine groups is 1. The first kappa shape index (κ1) is 21.8. The Kier molecular flexibility index (Phi) is 9.00. The van der Waals surface area contributed by atoms with E-state index in [9.17, 15) is 4.79 Å². The van der Waals surface area contributed by atoms with Crippen LogP contribution in [-0.2, 0) is 11.3 Å². The van der Waals surface area contributed by atoms with E-state index in [2.05, 4.69) is 20.4 Å². The predicted molar refractivity (Wildman–Crippen MR) is 115 cm³/mol. The molecule has 1 amide bonds. The average molecular weight is 491 g/mol. The highest BCUT2D eigenvalue weighted by molar-refractivity contribution is 14.0. The maximum absolute atomic E-state index is 11.1. The monoisotopic (exact) mass is 490 g/mol. The van der Waals surface area contributed by atoms with Crippen LogP contribution in [0.5, 0.6) is 5.75 Å². The molecule has 0 atom stereocenters. The Labute approximate surface area is 173 Å². The van der Waals surface area contributed by atoms with Gasteiger partial charge in [0.05, 0.1) is 25.8 Å². The van der Waals surface area contributed by atoms with Crippen LogP contribution in [0.2, 0.25) is 5.02 Å². The van der Waals surface area contributed by atoms with Crippen molar-refractivity contribution in [1.82, 2.24) is 0 Å². The fourth-order valence-electron chi connectivity index (χ4n) is 1.97. The number of benzene rings is 2. The molecule has 0 bridgehead atoms. The zero-order valence-electron chi connectivity index (χ0n) is 14.3. The van der Waals surface area contributed by atoms with Gasteiger partial charge in [0.25, 0.3) is 0 Å². The molecule has 0 fully saturated rings. The van der Waals surface area contributed by atoms with Gasteiger partial charge < -0.3 is 20.5 Å². The fraction of sp³-hybridized carbons (Fsp3) is 0.176. The minimum Gasteiger partial charge on any atom is -0.495 e. The summed E-state index contributed by atoms with van der Waals surface area (Å²) in [5.41, 5.74) is 8.17. The number of anilines is 2. The number of aliphatic imine (C=N–C) groups is 1. The topological polar surface area (TPSA) is 98.0 Å². The SMILES string of the molecule is COC(=O)Nc1ccc(CN=C(N)Nc2ccc(OC)c(Cl)c2)cc1.I. The molecular weight excluding hydrogens is 471 g/mol. The molecule has 2 aromatic rings. The van der Waals surface area contributed by atoms with Crippen molar-refractivity contribution in [2.24, 2.45) is 10.7 Å². The summed E-state index contributed by atoms with van der Waals surface area (Å²) in [6.07, 6.45) is -0.516. The number of amides is 1. The van der Waals surface area contributed by atoms with Crippen molar-refractivity contribution in [3.8, 4) is 5.75 Å². The molecule has 0 unspecified atom stereocenters. The van der Waals surface area contributed by atoms with Gasteiger partial charge in [0.15, 0.2) is 5.96 Å². The van der Waals surface area contributed by atoms with Gasteiger partial charge in [0.2, 0.25) is 0 Å². The quantitative estimate of drug-likeness (QED) is 0.333. The van der Waals surface area contributed by atoms with Crippen LogP contribution in [0.15, 0.2) is 47.5 Å². The molecule has 26 heavy (non-hydrogen) atoms. The number of carbonyl (C=O) groups excluding carboxylic acids is 1. The number of hydrogen-bond donors (Lipinski definition) is 3. The Balaban J connectivity index is 0.00000338. The zero-order chi connectivity index (χ0) is 18.2. The zero-order valence-corrected chi connectivity index (χ0v) is 17.4. The van der Waals surface area contributed by atoms with Crippen molar-refractivity contribution in [3.05, 3.63) is 53.1 Å². The number of ether oxygens (including phenoxy) is 2. The first-order valence-electron chi connectivity index (χ1n) is 7.36. The molecule has 7 nitrogen and oxygen atoms in total. The van der Waals surface area contributed by atoms with Gasteiger partial charge >= 0.3 is 6.09 Å². The summed E-state index contributed by atoms with van der Waals surface area (Å²) in [6, 6.07) is 12.4. The van der Waals surface area contributed by atoms with Crippen molar-refractivity contribution in [3.63, 3.8) is 0 Å². The second kappa shape index (κ2) is 10.7. The van der Waals surface area contributed by atoms with Crippen molar-refractivity contribution in [2.45, 2.75) is 6.54 Å². The smallest absolute Gasteiger partial charge is 0.411 e. The largest absolute Gasteiger partial charge is 0.495 e. The minimum absolute atomic E-state index is 0. The summed E-state index contributed by atoms with van der Waals surface area (Å²) in [7, 11) is 2.86. The van der Waals surface area contributed by atoms with E-state index in [4.69, 9.17) is 22.1 Å². The van der Waals surface area contributed by atoms with Crippen LogP contribution < -0.4 is 21.1 Å². The van der Waals surface area contributed by atoms with Crippen molar-refractivity contribution >= 4 is 59.0 Å². The molecule has 0 aliphatic carbocycles. The molecular formula is C17H20ClIN4O3. The Morgan fingerprint density at radius 1 is 1.12 bits per heavy atom. The number of hydrogen-bond acceptors (Lipinski definition) is 4. The molecule has 2 aromatic carbocycles. The predicted octanol–water partition coefficient (Wildman–Crippen LogP) is 4.07. The number of carbonyl (C=O) groups is 1. The Bertz CT molecular complexity index is 769. The minimum atomic E-state index is -0.516. The Morgan fingerprint density at radius 3 is 2.35 bits per heavy atom. The first-order valence-corrected chi connectivity index (χ1v) is 7.74. The van der Waals surface area contributed by atoms with E-state index in [1.807, 2.05) is 12.1 Å². The summed E-state index contributed by atoms with van der Waals surface area (Å²) >= 11 is 6.06. The van der Waals surface area contributed by atoms with Crippen LogP contribution in [-0.4, -0.2) is 26.3 Å². The van der Waals surface area contributed by atoms with Crippen LogP contribution in [0, 0.1) is 0 Å². The molecule has 0 saturated carbocycles. The summed E-state index contributed by atoms with van der Waals surface area (Å²) in [5, 5.41) is 6.02. The highest BCUT2D eigenvalue weighted by atomic mass is 127. The van der Waals surface area contributed by atoms with Gasteiger partial charge in [-0.05, 0) is 35.9 Å².